The molecule has 2 heterocycles. The number of hydrogen-bond donors (Lipinski definition) is 2. The fourth-order valence-corrected chi connectivity index (χ4v) is 4.63. The second-order valence-electron chi connectivity index (χ2n) is 6.27. The lowest BCUT2D eigenvalue weighted by Gasteiger charge is -2.46. The fourth-order valence-electron chi connectivity index (χ4n) is 3.15. The first kappa shape index (κ1) is 11.4. The van der Waals surface area contributed by atoms with E-state index < -0.39 is 0 Å². The second kappa shape index (κ2) is 3.40. The van der Waals surface area contributed by atoms with Crippen molar-refractivity contribution in [3.05, 3.63) is 0 Å². The maximum atomic E-state index is 12.0. The molecule has 1 atom stereocenters. The predicted molar refractivity (Wildman–Crippen MR) is 69.6 cm³/mol. The highest BCUT2D eigenvalue weighted by Gasteiger charge is 2.58. The molecule has 0 aromatic heterocycles. The smallest absolute Gasteiger partial charge is 0.308 e. The van der Waals surface area contributed by atoms with Crippen LogP contribution in [0.15, 0.2) is 0 Å². The minimum Gasteiger partial charge on any atom is -0.308 e. The standard InChI is InChI=1S/C12H19N3OS/c1-11(2)5-12(7-17-6-11)9(13)14-10(16)15(12)8-3-4-8/h8H,3-7H2,1-2H3,(H2,13,14,16). The lowest BCUT2D eigenvalue weighted by atomic mass is 9.78. The number of carbonyl (C=O) groups excluding carboxylic acids is 1. The molecule has 0 bridgehead atoms. The minimum atomic E-state index is -0.343. The molecule has 2 saturated heterocycles. The van der Waals surface area contributed by atoms with Gasteiger partial charge in [0.25, 0.3) is 0 Å². The Morgan fingerprint density at radius 1 is 1.41 bits per heavy atom. The monoisotopic (exact) mass is 253 g/mol. The zero-order valence-electron chi connectivity index (χ0n) is 10.4. The molecule has 0 radical (unpaired) electrons. The maximum absolute atomic E-state index is 12.0. The Morgan fingerprint density at radius 3 is 2.71 bits per heavy atom. The van der Waals surface area contributed by atoms with Gasteiger partial charge < -0.3 is 4.90 Å². The van der Waals surface area contributed by atoms with Crippen molar-refractivity contribution in [2.24, 2.45) is 5.41 Å². The van der Waals surface area contributed by atoms with Crippen molar-refractivity contribution >= 4 is 23.6 Å². The van der Waals surface area contributed by atoms with E-state index in [-0.39, 0.29) is 17.0 Å². The van der Waals surface area contributed by atoms with Gasteiger partial charge in [-0.3, -0.25) is 10.7 Å². The van der Waals surface area contributed by atoms with Crippen LogP contribution in [0, 0.1) is 10.8 Å². The average molecular weight is 253 g/mol. The number of nitrogens with zero attached hydrogens (tertiary/aromatic N) is 1. The van der Waals surface area contributed by atoms with Crippen molar-refractivity contribution in [2.75, 3.05) is 11.5 Å². The third-order valence-electron chi connectivity index (χ3n) is 3.89. The van der Waals surface area contributed by atoms with Crippen LogP contribution < -0.4 is 5.32 Å². The van der Waals surface area contributed by atoms with E-state index in [0.29, 0.717) is 11.9 Å². The Balaban J connectivity index is 1.97. The summed E-state index contributed by atoms with van der Waals surface area (Å²) in [5.41, 5.74) is -0.140. The van der Waals surface area contributed by atoms with Gasteiger partial charge in [0, 0.05) is 11.8 Å². The molecule has 3 fully saturated rings. The summed E-state index contributed by atoms with van der Waals surface area (Å²) in [7, 11) is 0. The number of thioether (sulfide) groups is 1. The van der Waals surface area contributed by atoms with Gasteiger partial charge in [-0.25, -0.2) is 4.79 Å². The van der Waals surface area contributed by atoms with Gasteiger partial charge in [-0.1, -0.05) is 13.8 Å². The summed E-state index contributed by atoms with van der Waals surface area (Å²) in [6.07, 6.45) is 3.13. The normalized spacial score (nSPS) is 36.5. The molecule has 2 N–H and O–H groups in total. The van der Waals surface area contributed by atoms with Gasteiger partial charge in [0.2, 0.25) is 0 Å². The molecule has 0 aromatic carbocycles. The summed E-state index contributed by atoms with van der Waals surface area (Å²) in [6, 6.07) is 0.336. The number of urea groups is 1. The third-order valence-corrected chi connectivity index (χ3v) is 5.56. The SMILES string of the molecule is CC1(C)CSCC2(C1)C(=N)NC(=O)N2C1CC1. The molecule has 3 rings (SSSR count). The van der Waals surface area contributed by atoms with Crippen LogP contribution in [0.4, 0.5) is 4.79 Å². The Labute approximate surface area is 106 Å². The molecule has 2 amide bonds. The van der Waals surface area contributed by atoms with E-state index in [4.69, 9.17) is 5.41 Å². The number of amides is 2. The summed E-state index contributed by atoms with van der Waals surface area (Å²) in [5, 5.41) is 10.9. The third kappa shape index (κ3) is 1.66. The van der Waals surface area contributed by atoms with Gasteiger partial charge in [0.1, 0.15) is 11.4 Å². The number of nitrogens with one attached hydrogen (secondary N) is 2. The van der Waals surface area contributed by atoms with Crippen LogP contribution in [0.5, 0.6) is 0 Å². The van der Waals surface area contributed by atoms with E-state index in [1.807, 2.05) is 16.7 Å². The molecule has 2 aliphatic heterocycles. The molecule has 5 heteroatoms. The van der Waals surface area contributed by atoms with Crippen LogP contribution in [-0.2, 0) is 0 Å². The van der Waals surface area contributed by atoms with E-state index in [0.717, 1.165) is 30.8 Å². The van der Waals surface area contributed by atoms with Crippen LogP contribution in [0.3, 0.4) is 0 Å². The Bertz CT molecular complexity index is 391. The van der Waals surface area contributed by atoms with Crippen LogP contribution in [0.2, 0.25) is 0 Å². The van der Waals surface area contributed by atoms with Gasteiger partial charge in [-0.2, -0.15) is 11.8 Å². The Morgan fingerprint density at radius 2 is 2.12 bits per heavy atom. The van der Waals surface area contributed by atoms with Crippen molar-refractivity contribution in [2.45, 2.75) is 44.7 Å². The summed E-state index contributed by atoms with van der Waals surface area (Å²) in [6.45, 7) is 4.48. The van der Waals surface area contributed by atoms with Gasteiger partial charge in [0.05, 0.1) is 0 Å². The van der Waals surface area contributed by atoms with E-state index in [1.54, 1.807) is 0 Å². The zero-order valence-corrected chi connectivity index (χ0v) is 11.2. The van der Waals surface area contributed by atoms with Crippen molar-refractivity contribution in [1.82, 2.24) is 10.2 Å². The van der Waals surface area contributed by atoms with Crippen molar-refractivity contribution in [3.63, 3.8) is 0 Å². The van der Waals surface area contributed by atoms with E-state index in [9.17, 15) is 4.79 Å². The van der Waals surface area contributed by atoms with Gasteiger partial charge in [0.15, 0.2) is 0 Å². The molecule has 1 unspecified atom stereocenters. The van der Waals surface area contributed by atoms with Crippen LogP contribution in [0.25, 0.3) is 0 Å². The van der Waals surface area contributed by atoms with Crippen LogP contribution in [-0.4, -0.2) is 39.9 Å². The predicted octanol–water partition coefficient (Wildman–Crippen LogP) is 2.05. The highest BCUT2D eigenvalue weighted by Crippen LogP contribution is 2.47. The number of hydrogen-bond acceptors (Lipinski definition) is 3. The summed E-state index contributed by atoms with van der Waals surface area (Å²) >= 11 is 1.88. The van der Waals surface area contributed by atoms with E-state index in [2.05, 4.69) is 19.2 Å². The quantitative estimate of drug-likeness (QED) is 0.751. The molecule has 17 heavy (non-hydrogen) atoms. The maximum Gasteiger partial charge on any atom is 0.323 e. The molecular formula is C12H19N3OS. The van der Waals surface area contributed by atoms with Crippen molar-refractivity contribution in [3.8, 4) is 0 Å². The molecule has 1 saturated carbocycles. The number of amidine groups is 1. The lowest BCUT2D eigenvalue weighted by Crippen LogP contribution is -2.57. The van der Waals surface area contributed by atoms with Gasteiger partial charge >= 0.3 is 6.03 Å². The molecule has 94 valence electrons. The van der Waals surface area contributed by atoms with E-state index in [1.165, 1.54) is 0 Å². The zero-order chi connectivity index (χ0) is 12.3. The first-order valence-electron chi connectivity index (χ1n) is 6.22. The molecular weight excluding hydrogens is 234 g/mol. The molecule has 4 nitrogen and oxygen atoms in total. The summed E-state index contributed by atoms with van der Waals surface area (Å²) < 4.78 is 0. The molecule has 1 aliphatic carbocycles. The van der Waals surface area contributed by atoms with Crippen molar-refractivity contribution < 1.29 is 4.79 Å². The highest BCUT2D eigenvalue weighted by molar-refractivity contribution is 7.99. The first-order chi connectivity index (χ1) is 7.95. The van der Waals surface area contributed by atoms with Crippen molar-refractivity contribution in [1.29, 1.82) is 5.41 Å². The average Bonchev–Trinajstić information content (AvgIpc) is 2.96. The highest BCUT2D eigenvalue weighted by atomic mass is 32.2. The second-order valence-corrected chi connectivity index (χ2v) is 7.26. The van der Waals surface area contributed by atoms with Gasteiger partial charge in [-0.05, 0) is 30.4 Å². The Hall–Kier alpha value is -0.710. The number of carbonyl (C=O) groups is 1. The van der Waals surface area contributed by atoms with Gasteiger partial charge in [-0.15, -0.1) is 0 Å². The summed E-state index contributed by atoms with van der Waals surface area (Å²) in [4.78, 5) is 14.0. The van der Waals surface area contributed by atoms with Crippen LogP contribution in [0.1, 0.15) is 33.1 Å². The molecule has 3 aliphatic rings. The topological polar surface area (TPSA) is 56.2 Å². The van der Waals surface area contributed by atoms with Crippen LogP contribution >= 0.6 is 11.8 Å². The molecule has 1 spiro atoms. The fraction of sp³-hybridized carbons (Fsp3) is 0.833. The summed E-state index contributed by atoms with van der Waals surface area (Å²) in [5.74, 6) is 2.42. The number of rotatable bonds is 1. The molecule has 0 aromatic rings. The first-order valence-corrected chi connectivity index (χ1v) is 7.37. The van der Waals surface area contributed by atoms with E-state index >= 15 is 0 Å². The minimum absolute atomic E-state index is 0.0456. The largest absolute Gasteiger partial charge is 0.323 e. The lowest BCUT2D eigenvalue weighted by molar-refractivity contribution is 0.144. The Kier molecular flexibility index (Phi) is 2.28.